The second kappa shape index (κ2) is 3.91. The monoisotopic (exact) mass is 203 g/mol. The van der Waals surface area contributed by atoms with Crippen LogP contribution < -0.4 is 0 Å². The van der Waals surface area contributed by atoms with Crippen LogP contribution in [-0.4, -0.2) is 26.3 Å². The Morgan fingerprint density at radius 3 is 2.80 bits per heavy atom. The van der Waals surface area contributed by atoms with Crippen LogP contribution >= 0.6 is 0 Å². The van der Waals surface area contributed by atoms with Gasteiger partial charge in [-0.1, -0.05) is 0 Å². The number of nitrogens with one attached hydrogen (secondary N) is 1. The van der Waals surface area contributed by atoms with Gasteiger partial charge in [-0.05, 0) is 12.1 Å². The third-order valence-electron chi connectivity index (χ3n) is 2.03. The second-order valence-electron chi connectivity index (χ2n) is 3.08. The molecule has 0 spiro atoms. The number of carboxylic acids is 1. The van der Waals surface area contributed by atoms with Crippen molar-refractivity contribution in [1.29, 1.82) is 0 Å². The van der Waals surface area contributed by atoms with Gasteiger partial charge in [0, 0.05) is 23.5 Å². The Hall–Kier alpha value is -2.17. The summed E-state index contributed by atoms with van der Waals surface area (Å²) in [7, 11) is 0. The number of pyridine rings is 1. The number of hydrogen-bond donors (Lipinski definition) is 2. The van der Waals surface area contributed by atoms with Gasteiger partial charge in [-0.15, -0.1) is 0 Å². The van der Waals surface area contributed by atoms with Gasteiger partial charge in [-0.25, -0.2) is 0 Å². The zero-order valence-electron chi connectivity index (χ0n) is 7.84. The van der Waals surface area contributed by atoms with E-state index in [-0.39, 0.29) is 6.42 Å². The molecule has 2 aromatic heterocycles. The quantitative estimate of drug-likeness (QED) is 0.782. The van der Waals surface area contributed by atoms with Crippen LogP contribution in [-0.2, 0) is 11.2 Å². The predicted octanol–water partition coefficient (Wildman–Crippen LogP) is 1.10. The first kappa shape index (κ1) is 9.39. The van der Waals surface area contributed by atoms with E-state index in [0.29, 0.717) is 5.56 Å². The maximum Gasteiger partial charge on any atom is 0.307 e. The standard InChI is InChI=1S/C10H9N3O2/c14-9(15)5-8-6-12-13-10(8)7-1-3-11-4-2-7/h1-4,6H,5H2,(H,12,13)(H,14,15). The number of carbonyl (C=O) groups is 1. The summed E-state index contributed by atoms with van der Waals surface area (Å²) >= 11 is 0. The molecule has 0 aliphatic heterocycles. The van der Waals surface area contributed by atoms with Gasteiger partial charge in [0.2, 0.25) is 0 Å². The van der Waals surface area contributed by atoms with E-state index in [2.05, 4.69) is 15.2 Å². The number of carboxylic acid groups (broad SMARTS) is 1. The summed E-state index contributed by atoms with van der Waals surface area (Å²) in [6, 6.07) is 3.61. The molecule has 5 nitrogen and oxygen atoms in total. The average Bonchev–Trinajstić information content (AvgIpc) is 2.66. The Bertz CT molecular complexity index is 465. The summed E-state index contributed by atoms with van der Waals surface area (Å²) in [5.41, 5.74) is 2.30. The van der Waals surface area contributed by atoms with Crippen LogP contribution in [0.25, 0.3) is 11.3 Å². The fourth-order valence-corrected chi connectivity index (χ4v) is 1.38. The number of nitrogens with zero attached hydrogens (tertiary/aromatic N) is 2. The lowest BCUT2D eigenvalue weighted by Gasteiger charge is -1.99. The molecule has 0 saturated carbocycles. The first-order valence-electron chi connectivity index (χ1n) is 4.42. The maximum absolute atomic E-state index is 10.6. The number of aromatic nitrogens is 3. The zero-order valence-corrected chi connectivity index (χ0v) is 7.84. The van der Waals surface area contributed by atoms with E-state index in [4.69, 9.17) is 5.11 Å². The summed E-state index contributed by atoms with van der Waals surface area (Å²) in [5.74, 6) is -0.869. The molecular formula is C10H9N3O2. The highest BCUT2D eigenvalue weighted by molar-refractivity contribution is 5.74. The number of rotatable bonds is 3. The van der Waals surface area contributed by atoms with E-state index < -0.39 is 5.97 Å². The minimum atomic E-state index is -0.869. The lowest BCUT2D eigenvalue weighted by molar-refractivity contribution is -0.136. The molecule has 2 rings (SSSR count). The van der Waals surface area contributed by atoms with Gasteiger partial charge < -0.3 is 5.11 Å². The van der Waals surface area contributed by atoms with Crippen molar-refractivity contribution in [3.63, 3.8) is 0 Å². The smallest absolute Gasteiger partial charge is 0.307 e. The van der Waals surface area contributed by atoms with Crippen molar-refractivity contribution in [1.82, 2.24) is 15.2 Å². The first-order chi connectivity index (χ1) is 7.27. The van der Waals surface area contributed by atoms with Crippen molar-refractivity contribution < 1.29 is 9.90 Å². The lowest BCUT2D eigenvalue weighted by Crippen LogP contribution is -2.00. The van der Waals surface area contributed by atoms with Crippen LogP contribution in [0.15, 0.2) is 30.7 Å². The lowest BCUT2D eigenvalue weighted by atomic mass is 10.1. The van der Waals surface area contributed by atoms with Crippen LogP contribution in [0.2, 0.25) is 0 Å². The molecule has 5 heteroatoms. The van der Waals surface area contributed by atoms with E-state index in [1.807, 2.05) is 0 Å². The Morgan fingerprint density at radius 1 is 1.40 bits per heavy atom. The van der Waals surface area contributed by atoms with Crippen LogP contribution in [0.5, 0.6) is 0 Å². The Kier molecular flexibility index (Phi) is 2.45. The topological polar surface area (TPSA) is 78.9 Å². The van der Waals surface area contributed by atoms with Gasteiger partial charge in [0.15, 0.2) is 0 Å². The van der Waals surface area contributed by atoms with E-state index in [0.717, 1.165) is 11.3 Å². The molecule has 0 radical (unpaired) electrons. The average molecular weight is 203 g/mol. The van der Waals surface area contributed by atoms with Gasteiger partial charge in [-0.3, -0.25) is 14.9 Å². The van der Waals surface area contributed by atoms with E-state index in [1.165, 1.54) is 6.20 Å². The van der Waals surface area contributed by atoms with Crippen molar-refractivity contribution >= 4 is 5.97 Å². The summed E-state index contributed by atoms with van der Waals surface area (Å²) in [6.07, 6.45) is 4.81. The minimum absolute atomic E-state index is 0.0336. The third-order valence-corrected chi connectivity index (χ3v) is 2.03. The molecule has 0 aliphatic carbocycles. The predicted molar refractivity (Wildman–Crippen MR) is 53.2 cm³/mol. The summed E-state index contributed by atoms with van der Waals surface area (Å²) in [6.45, 7) is 0. The van der Waals surface area contributed by atoms with Gasteiger partial charge in [0.25, 0.3) is 0 Å². The summed E-state index contributed by atoms with van der Waals surface area (Å²) in [4.78, 5) is 14.5. The normalized spacial score (nSPS) is 10.1. The SMILES string of the molecule is O=C(O)Cc1cn[nH]c1-c1ccncc1. The molecule has 0 saturated heterocycles. The molecule has 0 amide bonds. The maximum atomic E-state index is 10.6. The largest absolute Gasteiger partial charge is 0.481 e. The molecule has 2 aromatic rings. The van der Waals surface area contributed by atoms with E-state index in [9.17, 15) is 4.79 Å². The Morgan fingerprint density at radius 2 is 2.13 bits per heavy atom. The minimum Gasteiger partial charge on any atom is -0.481 e. The first-order valence-corrected chi connectivity index (χ1v) is 4.42. The molecule has 2 N–H and O–H groups in total. The molecular weight excluding hydrogens is 194 g/mol. The van der Waals surface area contributed by atoms with Crippen molar-refractivity contribution in [2.75, 3.05) is 0 Å². The highest BCUT2D eigenvalue weighted by atomic mass is 16.4. The second-order valence-corrected chi connectivity index (χ2v) is 3.08. The molecule has 0 aromatic carbocycles. The van der Waals surface area contributed by atoms with Crippen molar-refractivity contribution in [2.24, 2.45) is 0 Å². The van der Waals surface area contributed by atoms with Gasteiger partial charge >= 0.3 is 5.97 Å². The zero-order chi connectivity index (χ0) is 10.7. The number of H-pyrrole nitrogens is 1. The molecule has 2 heterocycles. The third kappa shape index (κ3) is 2.01. The number of aromatic amines is 1. The molecule has 0 atom stereocenters. The van der Waals surface area contributed by atoms with Crippen LogP contribution in [0.4, 0.5) is 0 Å². The molecule has 76 valence electrons. The van der Waals surface area contributed by atoms with Gasteiger partial charge in [-0.2, -0.15) is 5.10 Å². The molecule has 0 aliphatic rings. The van der Waals surface area contributed by atoms with Gasteiger partial charge in [0.05, 0.1) is 18.3 Å². The van der Waals surface area contributed by atoms with Crippen molar-refractivity contribution in [2.45, 2.75) is 6.42 Å². The fourth-order valence-electron chi connectivity index (χ4n) is 1.38. The van der Waals surface area contributed by atoms with E-state index >= 15 is 0 Å². The molecule has 0 fully saturated rings. The number of aliphatic carboxylic acids is 1. The fraction of sp³-hybridized carbons (Fsp3) is 0.100. The van der Waals surface area contributed by atoms with E-state index in [1.54, 1.807) is 24.5 Å². The molecule has 0 unspecified atom stereocenters. The van der Waals surface area contributed by atoms with Crippen LogP contribution in [0, 0.1) is 0 Å². The highest BCUT2D eigenvalue weighted by Gasteiger charge is 2.10. The van der Waals surface area contributed by atoms with Crippen molar-refractivity contribution in [3.05, 3.63) is 36.3 Å². The van der Waals surface area contributed by atoms with Gasteiger partial charge in [0.1, 0.15) is 0 Å². The number of hydrogen-bond acceptors (Lipinski definition) is 3. The molecule has 15 heavy (non-hydrogen) atoms. The summed E-state index contributed by atoms with van der Waals surface area (Å²) in [5, 5.41) is 15.3. The molecule has 0 bridgehead atoms. The van der Waals surface area contributed by atoms with Crippen LogP contribution in [0.1, 0.15) is 5.56 Å². The Balaban J connectivity index is 2.37. The Labute approximate surface area is 85.8 Å². The highest BCUT2D eigenvalue weighted by Crippen LogP contribution is 2.20. The van der Waals surface area contributed by atoms with Crippen molar-refractivity contribution in [3.8, 4) is 11.3 Å². The summed E-state index contributed by atoms with van der Waals surface area (Å²) < 4.78 is 0. The van der Waals surface area contributed by atoms with Crippen LogP contribution in [0.3, 0.4) is 0 Å².